The highest BCUT2D eigenvalue weighted by molar-refractivity contribution is 5.94. The van der Waals surface area contributed by atoms with Gasteiger partial charge in [0.25, 0.3) is 5.91 Å². The van der Waals surface area contributed by atoms with E-state index in [1.807, 2.05) is 24.3 Å². The summed E-state index contributed by atoms with van der Waals surface area (Å²) in [7, 11) is 0. The van der Waals surface area contributed by atoms with Gasteiger partial charge in [-0.05, 0) is 42.5 Å². The summed E-state index contributed by atoms with van der Waals surface area (Å²) in [6, 6.07) is 8.21. The van der Waals surface area contributed by atoms with Gasteiger partial charge >= 0.3 is 0 Å². The van der Waals surface area contributed by atoms with E-state index in [0.29, 0.717) is 0 Å². The van der Waals surface area contributed by atoms with Crippen LogP contribution in [-0.2, 0) is 5.41 Å². The van der Waals surface area contributed by atoms with E-state index in [0.717, 1.165) is 31.5 Å². The number of amides is 1. The smallest absolute Gasteiger partial charge is 0.251 e. The van der Waals surface area contributed by atoms with Crippen molar-refractivity contribution in [1.82, 2.24) is 10.6 Å². The lowest BCUT2D eigenvalue weighted by Gasteiger charge is -2.24. The maximum absolute atomic E-state index is 12.1. The second-order valence-electron chi connectivity index (χ2n) is 6.34. The van der Waals surface area contributed by atoms with Crippen LogP contribution >= 0.6 is 0 Å². The molecule has 1 saturated heterocycles. The lowest BCUT2D eigenvalue weighted by Crippen LogP contribution is -2.45. The minimum atomic E-state index is 0.0363. The van der Waals surface area contributed by atoms with Crippen molar-refractivity contribution < 1.29 is 4.79 Å². The lowest BCUT2D eigenvalue weighted by atomic mass is 9.86. The van der Waals surface area contributed by atoms with E-state index in [-0.39, 0.29) is 17.4 Å². The Kier molecular flexibility index (Phi) is 4.25. The van der Waals surface area contributed by atoms with Gasteiger partial charge in [0.1, 0.15) is 0 Å². The van der Waals surface area contributed by atoms with Crippen LogP contribution in [0, 0.1) is 0 Å². The molecule has 2 N–H and O–H groups in total. The lowest BCUT2D eigenvalue weighted by molar-refractivity contribution is 0.0930. The predicted molar refractivity (Wildman–Crippen MR) is 78.5 cm³/mol. The number of carbonyl (C=O) groups is 1. The molecular weight excluding hydrogens is 236 g/mol. The summed E-state index contributed by atoms with van der Waals surface area (Å²) in [4.78, 5) is 12.1. The fourth-order valence-corrected chi connectivity index (χ4v) is 2.37. The van der Waals surface area contributed by atoms with Crippen molar-refractivity contribution in [2.24, 2.45) is 0 Å². The highest BCUT2D eigenvalue weighted by Crippen LogP contribution is 2.22. The van der Waals surface area contributed by atoms with Crippen LogP contribution in [0.15, 0.2) is 24.3 Å². The Morgan fingerprint density at radius 1 is 1.26 bits per heavy atom. The third-order valence-corrected chi connectivity index (χ3v) is 3.65. The zero-order valence-corrected chi connectivity index (χ0v) is 12.1. The zero-order chi connectivity index (χ0) is 13.9. The van der Waals surface area contributed by atoms with Crippen LogP contribution in [0.1, 0.15) is 49.5 Å². The van der Waals surface area contributed by atoms with Crippen LogP contribution in [0.3, 0.4) is 0 Å². The summed E-state index contributed by atoms with van der Waals surface area (Å²) in [5.41, 5.74) is 2.13. The summed E-state index contributed by atoms with van der Waals surface area (Å²) in [5, 5.41) is 6.40. The first-order valence-corrected chi connectivity index (χ1v) is 7.09. The summed E-state index contributed by atoms with van der Waals surface area (Å²) in [6.07, 6.45) is 2.20. The van der Waals surface area contributed by atoms with Crippen molar-refractivity contribution in [2.45, 2.75) is 45.1 Å². The summed E-state index contributed by atoms with van der Waals surface area (Å²) < 4.78 is 0. The van der Waals surface area contributed by atoms with Crippen molar-refractivity contribution in [3.8, 4) is 0 Å². The molecule has 1 fully saturated rings. The quantitative estimate of drug-likeness (QED) is 0.857. The molecular formula is C16H24N2O. The van der Waals surface area contributed by atoms with Crippen LogP contribution in [0.2, 0.25) is 0 Å². The number of hydrogen-bond donors (Lipinski definition) is 2. The Hall–Kier alpha value is -1.35. The van der Waals surface area contributed by atoms with Gasteiger partial charge in [-0.3, -0.25) is 4.79 Å². The van der Waals surface area contributed by atoms with Gasteiger partial charge in [-0.2, -0.15) is 0 Å². The molecule has 0 radical (unpaired) electrons. The number of carbonyl (C=O) groups excluding carboxylic acids is 1. The first-order chi connectivity index (χ1) is 8.97. The van der Waals surface area contributed by atoms with Gasteiger partial charge in [-0.15, -0.1) is 0 Å². The van der Waals surface area contributed by atoms with E-state index in [1.165, 1.54) is 5.56 Å². The summed E-state index contributed by atoms with van der Waals surface area (Å²) >= 11 is 0. The molecule has 1 heterocycles. The third kappa shape index (κ3) is 3.80. The van der Waals surface area contributed by atoms with Gasteiger partial charge < -0.3 is 10.6 Å². The highest BCUT2D eigenvalue weighted by Gasteiger charge is 2.17. The molecule has 1 aliphatic rings. The second kappa shape index (κ2) is 5.74. The van der Waals surface area contributed by atoms with E-state index < -0.39 is 0 Å². The Labute approximate surface area is 115 Å². The molecule has 104 valence electrons. The maximum atomic E-state index is 12.1. The normalized spacial score (nSPS) is 20.1. The summed E-state index contributed by atoms with van der Waals surface area (Å²) in [5.74, 6) is 0.0363. The molecule has 1 aromatic rings. The van der Waals surface area contributed by atoms with Crippen LogP contribution in [0.25, 0.3) is 0 Å². The predicted octanol–water partition coefficient (Wildman–Crippen LogP) is 2.47. The van der Waals surface area contributed by atoms with E-state index in [1.54, 1.807) is 0 Å². The van der Waals surface area contributed by atoms with E-state index in [4.69, 9.17) is 0 Å². The molecule has 1 amide bonds. The van der Waals surface area contributed by atoms with Crippen LogP contribution in [0.5, 0.6) is 0 Å². The first kappa shape index (κ1) is 14.1. The molecule has 0 unspecified atom stereocenters. The van der Waals surface area contributed by atoms with Crippen molar-refractivity contribution in [3.63, 3.8) is 0 Å². The largest absolute Gasteiger partial charge is 0.348 e. The van der Waals surface area contributed by atoms with Gasteiger partial charge in [-0.1, -0.05) is 32.9 Å². The van der Waals surface area contributed by atoms with Gasteiger partial charge in [-0.25, -0.2) is 0 Å². The maximum Gasteiger partial charge on any atom is 0.251 e. The molecule has 3 nitrogen and oxygen atoms in total. The average molecular weight is 260 g/mol. The molecule has 0 aliphatic carbocycles. The Balaban J connectivity index is 1.99. The first-order valence-electron chi connectivity index (χ1n) is 7.09. The minimum Gasteiger partial charge on any atom is -0.348 e. The second-order valence-corrected chi connectivity index (χ2v) is 6.34. The van der Waals surface area contributed by atoms with Crippen molar-refractivity contribution in [1.29, 1.82) is 0 Å². The van der Waals surface area contributed by atoms with Gasteiger partial charge in [0, 0.05) is 18.2 Å². The highest BCUT2D eigenvalue weighted by atomic mass is 16.1. The SMILES string of the molecule is CC(C)(C)c1ccc(C(=O)N[C@@H]2CCCNC2)cc1. The molecule has 19 heavy (non-hydrogen) atoms. The zero-order valence-electron chi connectivity index (χ0n) is 12.1. The third-order valence-electron chi connectivity index (χ3n) is 3.65. The number of benzene rings is 1. The van der Waals surface area contributed by atoms with E-state index >= 15 is 0 Å². The molecule has 0 spiro atoms. The van der Waals surface area contributed by atoms with Crippen molar-refractivity contribution >= 4 is 5.91 Å². The Bertz CT molecular complexity index is 425. The van der Waals surface area contributed by atoms with Crippen LogP contribution in [0.4, 0.5) is 0 Å². The number of nitrogens with one attached hydrogen (secondary N) is 2. The van der Waals surface area contributed by atoms with E-state index in [2.05, 4.69) is 31.4 Å². The number of piperidine rings is 1. The monoisotopic (exact) mass is 260 g/mol. The van der Waals surface area contributed by atoms with Gasteiger partial charge in [0.15, 0.2) is 0 Å². The molecule has 1 aromatic carbocycles. The number of rotatable bonds is 2. The minimum absolute atomic E-state index is 0.0363. The standard InChI is InChI=1S/C16H24N2O/c1-16(2,3)13-8-6-12(7-9-13)15(19)18-14-5-4-10-17-11-14/h6-9,14,17H,4-5,10-11H2,1-3H3,(H,18,19)/t14-/m1/s1. The topological polar surface area (TPSA) is 41.1 Å². The molecule has 0 aromatic heterocycles. The Morgan fingerprint density at radius 3 is 2.47 bits per heavy atom. The van der Waals surface area contributed by atoms with Crippen LogP contribution in [-0.4, -0.2) is 25.0 Å². The van der Waals surface area contributed by atoms with E-state index in [9.17, 15) is 4.79 Å². The molecule has 1 aliphatic heterocycles. The molecule has 1 atom stereocenters. The van der Waals surface area contributed by atoms with Crippen LogP contribution < -0.4 is 10.6 Å². The molecule has 0 bridgehead atoms. The molecule has 0 saturated carbocycles. The van der Waals surface area contributed by atoms with Crippen molar-refractivity contribution in [3.05, 3.63) is 35.4 Å². The fourth-order valence-electron chi connectivity index (χ4n) is 2.37. The summed E-state index contributed by atoms with van der Waals surface area (Å²) in [6.45, 7) is 8.47. The molecule has 3 heteroatoms. The Morgan fingerprint density at radius 2 is 1.95 bits per heavy atom. The fraction of sp³-hybridized carbons (Fsp3) is 0.562. The molecule has 2 rings (SSSR count). The average Bonchev–Trinajstić information content (AvgIpc) is 2.39. The van der Waals surface area contributed by atoms with Gasteiger partial charge in [0.2, 0.25) is 0 Å². The van der Waals surface area contributed by atoms with Crippen molar-refractivity contribution in [2.75, 3.05) is 13.1 Å². The number of hydrogen-bond acceptors (Lipinski definition) is 2. The van der Waals surface area contributed by atoms with Gasteiger partial charge in [0.05, 0.1) is 0 Å².